The molecule has 1 N–H and O–H groups in total. The fourth-order valence-electron chi connectivity index (χ4n) is 1.80. The second-order valence-electron chi connectivity index (χ2n) is 4.12. The average molecular weight is 239 g/mol. The highest BCUT2D eigenvalue weighted by molar-refractivity contribution is 7.09. The van der Waals surface area contributed by atoms with E-state index in [4.69, 9.17) is 4.74 Å². The monoisotopic (exact) mass is 239 g/mol. The number of ether oxygens (including phenoxy) is 1. The molecule has 0 amide bonds. The van der Waals surface area contributed by atoms with Gasteiger partial charge in [0, 0.05) is 11.4 Å². The van der Waals surface area contributed by atoms with Gasteiger partial charge in [-0.15, -0.1) is 11.3 Å². The van der Waals surface area contributed by atoms with Crippen LogP contribution in [0.3, 0.4) is 0 Å². The van der Waals surface area contributed by atoms with E-state index < -0.39 is 0 Å². The standard InChI is InChI=1S/C12H17NO2S/c1-15-12(14)11(9-4-5-9)13-7-6-10-3-2-8-16-10/h2-3,8-9,11,13H,4-7H2,1H3. The minimum atomic E-state index is -0.117. The van der Waals surface area contributed by atoms with Crippen LogP contribution in [0.15, 0.2) is 17.5 Å². The van der Waals surface area contributed by atoms with Gasteiger partial charge in [0.05, 0.1) is 7.11 Å². The molecule has 2 rings (SSSR count). The first-order valence-corrected chi connectivity index (χ1v) is 6.53. The summed E-state index contributed by atoms with van der Waals surface area (Å²) in [7, 11) is 1.46. The third kappa shape index (κ3) is 3.06. The van der Waals surface area contributed by atoms with Crippen molar-refractivity contribution in [3.8, 4) is 0 Å². The Morgan fingerprint density at radius 2 is 2.50 bits per heavy atom. The lowest BCUT2D eigenvalue weighted by Crippen LogP contribution is -2.40. The highest BCUT2D eigenvalue weighted by atomic mass is 32.1. The number of hydrogen-bond donors (Lipinski definition) is 1. The maximum atomic E-state index is 11.5. The maximum absolute atomic E-state index is 11.5. The van der Waals surface area contributed by atoms with Crippen molar-refractivity contribution in [3.63, 3.8) is 0 Å². The molecule has 0 aliphatic heterocycles. The summed E-state index contributed by atoms with van der Waals surface area (Å²) in [5, 5.41) is 5.38. The van der Waals surface area contributed by atoms with Crippen LogP contribution in [0.2, 0.25) is 0 Å². The number of esters is 1. The first-order valence-electron chi connectivity index (χ1n) is 5.65. The number of carbonyl (C=O) groups is 1. The molecular weight excluding hydrogens is 222 g/mol. The number of rotatable bonds is 6. The Bertz CT molecular complexity index is 333. The summed E-state index contributed by atoms with van der Waals surface area (Å²) in [6.45, 7) is 0.844. The summed E-state index contributed by atoms with van der Waals surface area (Å²) in [5.41, 5.74) is 0. The first kappa shape index (κ1) is 11.6. The molecule has 1 unspecified atom stereocenters. The van der Waals surface area contributed by atoms with E-state index in [-0.39, 0.29) is 12.0 Å². The molecule has 1 aliphatic carbocycles. The quantitative estimate of drug-likeness (QED) is 0.770. The second-order valence-corrected chi connectivity index (χ2v) is 5.15. The molecule has 1 saturated carbocycles. The van der Waals surface area contributed by atoms with Crippen molar-refractivity contribution in [2.75, 3.05) is 13.7 Å². The summed E-state index contributed by atoms with van der Waals surface area (Å²) >= 11 is 1.76. The van der Waals surface area contributed by atoms with Crippen molar-refractivity contribution in [1.82, 2.24) is 5.32 Å². The van der Waals surface area contributed by atoms with E-state index >= 15 is 0 Å². The Balaban J connectivity index is 1.76. The zero-order valence-electron chi connectivity index (χ0n) is 9.44. The lowest BCUT2D eigenvalue weighted by molar-refractivity contribution is -0.143. The van der Waals surface area contributed by atoms with Crippen LogP contribution in [0.4, 0.5) is 0 Å². The lowest BCUT2D eigenvalue weighted by Gasteiger charge is -2.15. The van der Waals surface area contributed by atoms with E-state index in [0.29, 0.717) is 5.92 Å². The molecule has 0 bridgehead atoms. The smallest absolute Gasteiger partial charge is 0.323 e. The van der Waals surface area contributed by atoms with E-state index in [9.17, 15) is 4.79 Å². The molecule has 16 heavy (non-hydrogen) atoms. The van der Waals surface area contributed by atoms with Gasteiger partial charge in [0.15, 0.2) is 0 Å². The van der Waals surface area contributed by atoms with E-state index in [2.05, 4.69) is 22.8 Å². The van der Waals surface area contributed by atoms with Crippen LogP contribution < -0.4 is 5.32 Å². The molecule has 0 aromatic carbocycles. The molecule has 88 valence electrons. The zero-order valence-corrected chi connectivity index (χ0v) is 10.3. The number of nitrogens with one attached hydrogen (secondary N) is 1. The summed E-state index contributed by atoms with van der Waals surface area (Å²) in [5.74, 6) is 0.379. The van der Waals surface area contributed by atoms with Crippen molar-refractivity contribution < 1.29 is 9.53 Å². The predicted octanol–water partition coefficient (Wildman–Crippen LogP) is 1.83. The van der Waals surface area contributed by atoms with Gasteiger partial charge in [-0.1, -0.05) is 6.07 Å². The van der Waals surface area contributed by atoms with Gasteiger partial charge in [0.25, 0.3) is 0 Å². The Hall–Kier alpha value is -0.870. The minimum absolute atomic E-state index is 0.0926. The van der Waals surface area contributed by atoms with Gasteiger partial charge in [-0.25, -0.2) is 0 Å². The highest BCUT2D eigenvalue weighted by Crippen LogP contribution is 2.33. The molecule has 3 nitrogen and oxygen atoms in total. The van der Waals surface area contributed by atoms with Crippen LogP contribution in [-0.2, 0) is 16.0 Å². The first-order chi connectivity index (χ1) is 7.81. The molecule has 1 heterocycles. The highest BCUT2D eigenvalue weighted by Gasteiger charge is 2.36. The Kier molecular flexibility index (Phi) is 3.96. The van der Waals surface area contributed by atoms with E-state index in [1.165, 1.54) is 12.0 Å². The number of thiophene rings is 1. The topological polar surface area (TPSA) is 38.3 Å². The van der Waals surface area contributed by atoms with Gasteiger partial charge in [0.1, 0.15) is 6.04 Å². The summed E-state index contributed by atoms with van der Waals surface area (Å²) < 4.78 is 4.80. The molecule has 1 aliphatic rings. The van der Waals surface area contributed by atoms with Crippen LogP contribution in [0.1, 0.15) is 17.7 Å². The van der Waals surface area contributed by atoms with Crippen LogP contribution in [-0.4, -0.2) is 25.7 Å². The van der Waals surface area contributed by atoms with E-state index in [0.717, 1.165) is 25.8 Å². The molecule has 0 radical (unpaired) electrons. The fourth-order valence-corrected chi connectivity index (χ4v) is 2.51. The fraction of sp³-hybridized carbons (Fsp3) is 0.583. The normalized spacial score (nSPS) is 17.1. The van der Waals surface area contributed by atoms with Crippen molar-refractivity contribution in [3.05, 3.63) is 22.4 Å². The minimum Gasteiger partial charge on any atom is -0.468 e. The van der Waals surface area contributed by atoms with Gasteiger partial charge in [0.2, 0.25) is 0 Å². The van der Waals surface area contributed by atoms with Crippen LogP contribution >= 0.6 is 11.3 Å². The second kappa shape index (κ2) is 5.46. The lowest BCUT2D eigenvalue weighted by atomic mass is 10.2. The van der Waals surface area contributed by atoms with Gasteiger partial charge in [-0.3, -0.25) is 4.79 Å². The average Bonchev–Trinajstić information content (AvgIpc) is 3.00. The van der Waals surface area contributed by atoms with Crippen molar-refractivity contribution in [2.24, 2.45) is 5.92 Å². The van der Waals surface area contributed by atoms with Crippen LogP contribution in [0, 0.1) is 5.92 Å². The molecule has 4 heteroatoms. The molecule has 1 aromatic heterocycles. The van der Waals surface area contributed by atoms with Crippen LogP contribution in [0.25, 0.3) is 0 Å². The van der Waals surface area contributed by atoms with Crippen LogP contribution in [0.5, 0.6) is 0 Å². The maximum Gasteiger partial charge on any atom is 0.323 e. The SMILES string of the molecule is COC(=O)C(NCCc1cccs1)C1CC1. The molecule has 1 fully saturated rings. The Morgan fingerprint density at radius 1 is 1.69 bits per heavy atom. The summed E-state index contributed by atoms with van der Waals surface area (Å²) in [6, 6.07) is 4.08. The number of carbonyl (C=O) groups excluding carboxylic acids is 1. The largest absolute Gasteiger partial charge is 0.468 e. The summed E-state index contributed by atoms with van der Waals surface area (Å²) in [6.07, 6.45) is 3.27. The van der Waals surface area contributed by atoms with E-state index in [1.54, 1.807) is 11.3 Å². The zero-order chi connectivity index (χ0) is 11.4. The molecule has 1 atom stereocenters. The third-order valence-electron chi connectivity index (χ3n) is 2.86. The third-order valence-corrected chi connectivity index (χ3v) is 3.80. The van der Waals surface area contributed by atoms with Gasteiger partial charge in [-0.2, -0.15) is 0 Å². The Labute approximate surface area is 99.8 Å². The van der Waals surface area contributed by atoms with Gasteiger partial charge < -0.3 is 10.1 Å². The van der Waals surface area contributed by atoms with Gasteiger partial charge >= 0.3 is 5.97 Å². The molecule has 1 aromatic rings. The van der Waals surface area contributed by atoms with Crippen molar-refractivity contribution >= 4 is 17.3 Å². The van der Waals surface area contributed by atoms with E-state index in [1.807, 2.05) is 0 Å². The number of methoxy groups -OCH3 is 1. The summed E-state index contributed by atoms with van der Waals surface area (Å²) in [4.78, 5) is 12.9. The molecule has 0 spiro atoms. The van der Waals surface area contributed by atoms with Crippen molar-refractivity contribution in [1.29, 1.82) is 0 Å². The number of hydrogen-bond acceptors (Lipinski definition) is 4. The molecule has 0 saturated heterocycles. The van der Waals surface area contributed by atoms with Gasteiger partial charge in [-0.05, 0) is 36.6 Å². The Morgan fingerprint density at radius 3 is 3.06 bits per heavy atom. The van der Waals surface area contributed by atoms with Crippen molar-refractivity contribution in [2.45, 2.75) is 25.3 Å². The predicted molar refractivity (Wildman–Crippen MR) is 64.6 cm³/mol. The molecular formula is C12H17NO2S.